The van der Waals surface area contributed by atoms with Crippen LogP contribution in [-0.4, -0.2) is 69.1 Å². The summed E-state index contributed by atoms with van der Waals surface area (Å²) in [5.41, 5.74) is 1.18. The Bertz CT molecular complexity index is 589. The Balaban J connectivity index is 1.47. The van der Waals surface area contributed by atoms with Crippen LogP contribution in [0.5, 0.6) is 17.2 Å². The SMILES string of the molecule is COc1cc2c(cc1CN1CCCC[C@H]1CN1CCOCC1)OCO2. The molecule has 0 amide bonds. The highest BCUT2D eigenvalue weighted by Crippen LogP contribution is 2.39. The zero-order valence-corrected chi connectivity index (χ0v) is 15.0. The molecule has 0 spiro atoms. The Labute approximate surface area is 149 Å². The lowest BCUT2D eigenvalue weighted by Crippen LogP contribution is -2.49. The largest absolute Gasteiger partial charge is 0.496 e. The van der Waals surface area contributed by atoms with E-state index in [1.807, 2.05) is 6.07 Å². The minimum Gasteiger partial charge on any atom is -0.496 e. The number of rotatable bonds is 5. The second kappa shape index (κ2) is 7.81. The molecule has 0 unspecified atom stereocenters. The fourth-order valence-electron chi connectivity index (χ4n) is 4.05. The molecule has 0 radical (unpaired) electrons. The van der Waals surface area contributed by atoms with Gasteiger partial charge in [-0.1, -0.05) is 6.42 Å². The summed E-state index contributed by atoms with van der Waals surface area (Å²) in [6.07, 6.45) is 3.86. The molecule has 25 heavy (non-hydrogen) atoms. The number of likely N-dealkylation sites (tertiary alicyclic amines) is 1. The zero-order chi connectivity index (χ0) is 17.1. The molecule has 1 aromatic rings. The van der Waals surface area contributed by atoms with Crippen LogP contribution in [0.1, 0.15) is 24.8 Å². The monoisotopic (exact) mass is 348 g/mol. The maximum Gasteiger partial charge on any atom is 0.231 e. The lowest BCUT2D eigenvalue weighted by atomic mass is 10.00. The van der Waals surface area contributed by atoms with E-state index in [0.717, 1.165) is 63.2 Å². The molecule has 3 aliphatic rings. The summed E-state index contributed by atoms with van der Waals surface area (Å²) in [6, 6.07) is 4.64. The first-order valence-electron chi connectivity index (χ1n) is 9.34. The van der Waals surface area contributed by atoms with Gasteiger partial charge in [-0.2, -0.15) is 0 Å². The number of piperidine rings is 1. The van der Waals surface area contributed by atoms with Crippen molar-refractivity contribution in [1.29, 1.82) is 0 Å². The third-order valence-corrected chi connectivity index (χ3v) is 5.47. The maximum atomic E-state index is 5.61. The number of hydrogen-bond acceptors (Lipinski definition) is 6. The minimum absolute atomic E-state index is 0.297. The summed E-state index contributed by atoms with van der Waals surface area (Å²) in [5, 5.41) is 0. The third kappa shape index (κ3) is 3.86. The van der Waals surface area contributed by atoms with Crippen molar-refractivity contribution in [1.82, 2.24) is 9.80 Å². The van der Waals surface area contributed by atoms with Crippen LogP contribution < -0.4 is 14.2 Å². The van der Waals surface area contributed by atoms with Gasteiger partial charge in [0.2, 0.25) is 6.79 Å². The average Bonchev–Trinajstić information content (AvgIpc) is 3.11. The smallest absolute Gasteiger partial charge is 0.231 e. The van der Waals surface area contributed by atoms with Crippen molar-refractivity contribution in [2.45, 2.75) is 31.8 Å². The van der Waals surface area contributed by atoms with Crippen LogP contribution >= 0.6 is 0 Å². The van der Waals surface area contributed by atoms with Gasteiger partial charge in [0, 0.05) is 43.9 Å². The number of methoxy groups -OCH3 is 1. The van der Waals surface area contributed by atoms with E-state index >= 15 is 0 Å². The molecule has 1 aromatic carbocycles. The van der Waals surface area contributed by atoms with Gasteiger partial charge in [-0.15, -0.1) is 0 Å². The van der Waals surface area contributed by atoms with E-state index in [2.05, 4.69) is 15.9 Å². The Morgan fingerprint density at radius 3 is 2.68 bits per heavy atom. The van der Waals surface area contributed by atoms with E-state index < -0.39 is 0 Å². The number of morpholine rings is 1. The molecule has 0 bridgehead atoms. The van der Waals surface area contributed by atoms with Gasteiger partial charge in [0.15, 0.2) is 11.5 Å². The summed E-state index contributed by atoms with van der Waals surface area (Å²) < 4.78 is 22.1. The molecule has 0 saturated carbocycles. The van der Waals surface area contributed by atoms with Crippen LogP contribution in [0.15, 0.2) is 12.1 Å². The standard InChI is InChI=1S/C19H28N2O4/c1-22-17-11-19-18(24-14-25-19)10-15(17)12-21-5-3-2-4-16(21)13-20-6-8-23-9-7-20/h10-11,16H,2-9,12-14H2,1H3/t16-/m0/s1. The minimum atomic E-state index is 0.297. The van der Waals surface area contributed by atoms with Crippen molar-refractivity contribution >= 4 is 0 Å². The molecular weight excluding hydrogens is 320 g/mol. The van der Waals surface area contributed by atoms with Crippen LogP contribution in [-0.2, 0) is 11.3 Å². The van der Waals surface area contributed by atoms with Gasteiger partial charge in [-0.3, -0.25) is 9.80 Å². The molecule has 0 aromatic heterocycles. The molecule has 0 N–H and O–H groups in total. The van der Waals surface area contributed by atoms with E-state index in [9.17, 15) is 0 Å². The van der Waals surface area contributed by atoms with Crippen LogP contribution in [0.2, 0.25) is 0 Å². The average molecular weight is 348 g/mol. The van der Waals surface area contributed by atoms with E-state index in [1.165, 1.54) is 24.8 Å². The molecule has 3 heterocycles. The number of fused-ring (bicyclic) bond motifs is 1. The van der Waals surface area contributed by atoms with Crippen LogP contribution in [0, 0.1) is 0 Å². The van der Waals surface area contributed by atoms with Gasteiger partial charge in [-0.25, -0.2) is 0 Å². The highest BCUT2D eigenvalue weighted by Gasteiger charge is 2.27. The number of nitrogens with zero attached hydrogens (tertiary/aromatic N) is 2. The van der Waals surface area contributed by atoms with Crippen molar-refractivity contribution in [3.63, 3.8) is 0 Å². The molecule has 6 nitrogen and oxygen atoms in total. The van der Waals surface area contributed by atoms with E-state index in [-0.39, 0.29) is 0 Å². The van der Waals surface area contributed by atoms with Gasteiger partial charge >= 0.3 is 0 Å². The van der Waals surface area contributed by atoms with E-state index in [0.29, 0.717) is 12.8 Å². The fraction of sp³-hybridized carbons (Fsp3) is 0.684. The number of benzene rings is 1. The summed E-state index contributed by atoms with van der Waals surface area (Å²) >= 11 is 0. The molecular formula is C19H28N2O4. The highest BCUT2D eigenvalue weighted by atomic mass is 16.7. The van der Waals surface area contributed by atoms with Gasteiger partial charge in [0.05, 0.1) is 20.3 Å². The van der Waals surface area contributed by atoms with Crippen molar-refractivity contribution in [2.75, 3.05) is 53.3 Å². The Morgan fingerprint density at radius 1 is 1.08 bits per heavy atom. The normalized spacial score (nSPS) is 24.4. The summed E-state index contributed by atoms with van der Waals surface area (Å²) in [6.45, 7) is 7.31. The predicted molar refractivity (Wildman–Crippen MR) is 94.4 cm³/mol. The van der Waals surface area contributed by atoms with Gasteiger partial charge in [0.1, 0.15) is 5.75 Å². The van der Waals surface area contributed by atoms with Crippen LogP contribution in [0.4, 0.5) is 0 Å². The van der Waals surface area contributed by atoms with Gasteiger partial charge in [-0.05, 0) is 25.5 Å². The molecule has 1 atom stereocenters. The summed E-state index contributed by atoms with van der Waals surface area (Å²) in [7, 11) is 1.72. The van der Waals surface area contributed by atoms with E-state index in [1.54, 1.807) is 7.11 Å². The lowest BCUT2D eigenvalue weighted by Gasteiger charge is -2.39. The van der Waals surface area contributed by atoms with Crippen LogP contribution in [0.3, 0.4) is 0 Å². The van der Waals surface area contributed by atoms with Crippen molar-refractivity contribution in [3.8, 4) is 17.2 Å². The molecule has 138 valence electrons. The Hall–Kier alpha value is -1.50. The first kappa shape index (κ1) is 16.9. The van der Waals surface area contributed by atoms with Crippen LogP contribution in [0.25, 0.3) is 0 Å². The van der Waals surface area contributed by atoms with Crippen molar-refractivity contribution < 1.29 is 18.9 Å². The predicted octanol–water partition coefficient (Wildman–Crippen LogP) is 2.11. The Kier molecular flexibility index (Phi) is 5.29. The van der Waals surface area contributed by atoms with Gasteiger partial charge < -0.3 is 18.9 Å². The topological polar surface area (TPSA) is 43.4 Å². The highest BCUT2D eigenvalue weighted by molar-refractivity contribution is 5.51. The number of hydrogen-bond donors (Lipinski definition) is 0. The molecule has 3 aliphatic heterocycles. The first-order valence-corrected chi connectivity index (χ1v) is 9.34. The molecule has 2 saturated heterocycles. The molecule has 6 heteroatoms. The summed E-state index contributed by atoms with van der Waals surface area (Å²) in [4.78, 5) is 5.16. The fourth-order valence-corrected chi connectivity index (χ4v) is 4.05. The lowest BCUT2D eigenvalue weighted by molar-refractivity contribution is 0.0152. The molecule has 0 aliphatic carbocycles. The quantitative estimate of drug-likeness (QED) is 0.812. The Morgan fingerprint density at radius 2 is 1.88 bits per heavy atom. The maximum absolute atomic E-state index is 5.61. The van der Waals surface area contributed by atoms with Crippen molar-refractivity contribution in [3.05, 3.63) is 17.7 Å². The second-order valence-corrected chi connectivity index (χ2v) is 7.05. The second-order valence-electron chi connectivity index (χ2n) is 7.05. The summed E-state index contributed by atoms with van der Waals surface area (Å²) in [5.74, 6) is 2.50. The molecule has 2 fully saturated rings. The third-order valence-electron chi connectivity index (χ3n) is 5.47. The molecule has 4 rings (SSSR count). The van der Waals surface area contributed by atoms with Gasteiger partial charge in [0.25, 0.3) is 0 Å². The zero-order valence-electron chi connectivity index (χ0n) is 15.0. The van der Waals surface area contributed by atoms with E-state index in [4.69, 9.17) is 18.9 Å². The first-order chi connectivity index (χ1) is 12.3. The van der Waals surface area contributed by atoms with Crippen molar-refractivity contribution in [2.24, 2.45) is 0 Å². The number of ether oxygens (including phenoxy) is 4.